The van der Waals surface area contributed by atoms with Gasteiger partial charge >= 0.3 is 31.3 Å². The minimum Gasteiger partial charge on any atom is -0.397 e. The Morgan fingerprint density at radius 2 is 0.966 bits per heavy atom. The number of nitrogens with two attached hydrogens (primary N) is 4. The molecule has 0 aliphatic carbocycles. The zero-order chi connectivity index (χ0) is 61.9. The molecule has 88 heavy (non-hydrogen) atoms. The molecule has 0 aromatic carbocycles. The van der Waals surface area contributed by atoms with E-state index in [4.69, 9.17) is 78.1 Å². The maximum Gasteiger partial charge on any atom is 0.472 e. The van der Waals surface area contributed by atoms with Gasteiger partial charge in [0.15, 0.2) is 40.6 Å². The minimum absolute atomic E-state index is 0.00577. The van der Waals surface area contributed by atoms with Crippen LogP contribution in [-0.2, 0) is 73.4 Å². The highest BCUT2D eigenvalue weighted by atomic mass is 32.1. The topological polar surface area (TPSA) is 622 Å². The predicted molar refractivity (Wildman–Crippen MR) is 289 cm³/mol. The summed E-state index contributed by atoms with van der Waals surface area (Å²) in [4.78, 5) is 92.8. The third-order valence-corrected chi connectivity index (χ3v) is 20.0. The van der Waals surface area contributed by atoms with Crippen LogP contribution in [0.2, 0.25) is 0 Å². The third kappa shape index (κ3) is 11.8. The fourth-order valence-corrected chi connectivity index (χ4v) is 15.8. The number of aromatic amines is 2. The Hall–Kier alpha value is -6.03. The van der Waals surface area contributed by atoms with Crippen molar-refractivity contribution < 1.29 is 103 Å². The van der Waals surface area contributed by atoms with Gasteiger partial charge in [0.25, 0.3) is 11.1 Å². The summed E-state index contributed by atoms with van der Waals surface area (Å²) in [6.07, 6.45) is -16.4. The number of nitrogens with one attached hydrogen (secondary N) is 2. The molecule has 8 aromatic heterocycles. The Morgan fingerprint density at radius 1 is 0.534 bits per heavy atom. The van der Waals surface area contributed by atoms with Gasteiger partial charge in [-0.05, 0) is 29.1 Å². The van der Waals surface area contributed by atoms with Crippen molar-refractivity contribution >= 4 is 122 Å². The number of H-pyrrole nitrogens is 2. The first-order valence-electron chi connectivity index (χ1n) is 25.5. The molecule has 43 nitrogen and oxygen atoms in total. The first kappa shape index (κ1) is 60.9. The van der Waals surface area contributed by atoms with Crippen LogP contribution in [0.15, 0.2) is 28.2 Å². The van der Waals surface area contributed by atoms with Gasteiger partial charge in [-0.3, -0.25) is 60.7 Å². The van der Waals surface area contributed by atoms with Crippen LogP contribution >= 0.6 is 54.4 Å². The van der Waals surface area contributed by atoms with Crippen LogP contribution in [0.4, 0.5) is 23.4 Å². The Balaban J connectivity index is 0.000000162. The highest BCUT2D eigenvalue weighted by Crippen LogP contribution is 2.57. The Bertz CT molecular complexity index is 4080. The summed E-state index contributed by atoms with van der Waals surface area (Å²) in [5, 5.41) is 37.0. The molecule has 472 valence electrons. The molecule has 6 aliphatic rings. The second-order valence-corrected chi connectivity index (χ2v) is 27.1. The fraction of sp³-hybridized carbons (Fsp3) is 0.513. The fourth-order valence-electron chi connectivity index (χ4n) is 10.2. The number of phosphoric ester groups is 4. The number of aromatic nitrogens is 15. The van der Waals surface area contributed by atoms with Gasteiger partial charge in [0.05, 0.1) is 54.1 Å². The molecule has 16 N–H and O–H groups in total. The summed E-state index contributed by atoms with van der Waals surface area (Å²) in [5.74, 6) is -0.453. The summed E-state index contributed by atoms with van der Waals surface area (Å²) < 4.78 is 128. The Morgan fingerprint density at radius 3 is 1.44 bits per heavy atom. The van der Waals surface area contributed by atoms with E-state index in [1.807, 2.05) is 0 Å². The van der Waals surface area contributed by atoms with Gasteiger partial charge in [0.1, 0.15) is 89.4 Å². The Kier molecular flexibility index (Phi) is 15.9. The van der Waals surface area contributed by atoms with Crippen LogP contribution < -0.4 is 34.1 Å². The van der Waals surface area contributed by atoms with Crippen LogP contribution in [0, 0.1) is 0 Å². The third-order valence-electron chi connectivity index (χ3n) is 14.2. The average molecular weight is 1350 g/mol. The number of ether oxygens (including phenoxy) is 4. The van der Waals surface area contributed by atoms with E-state index in [1.54, 1.807) is 6.07 Å². The van der Waals surface area contributed by atoms with Crippen molar-refractivity contribution in [1.82, 2.24) is 73.6 Å². The number of nitrogens with zero attached hydrogens (tertiary/aromatic N) is 13. The van der Waals surface area contributed by atoms with E-state index >= 15 is 0 Å². The number of phosphoric acid groups is 4. The van der Waals surface area contributed by atoms with Crippen molar-refractivity contribution in [3.05, 3.63) is 49.1 Å². The first-order chi connectivity index (χ1) is 41.8. The van der Waals surface area contributed by atoms with Crippen LogP contribution in [0.1, 0.15) is 47.3 Å². The van der Waals surface area contributed by atoms with Crippen molar-refractivity contribution in [2.75, 3.05) is 49.4 Å². The van der Waals surface area contributed by atoms with Crippen molar-refractivity contribution in [3.63, 3.8) is 0 Å². The van der Waals surface area contributed by atoms with Crippen LogP contribution in [-0.4, -0.2) is 191 Å². The van der Waals surface area contributed by atoms with Crippen LogP contribution in [0.25, 0.3) is 44.4 Å². The van der Waals surface area contributed by atoms with E-state index in [0.717, 1.165) is 32.4 Å². The van der Waals surface area contributed by atoms with E-state index in [0.29, 0.717) is 37.5 Å². The second-order valence-electron chi connectivity index (χ2n) is 19.9. The molecule has 18 atom stereocenters. The molecule has 6 aliphatic heterocycles. The SMILES string of the molecule is Nc1nc2c(nnn2[C@@H]2O[C@@H]3COP(=O)(O)O[C@H]4C[C@H](c5snc6c(N)ccnc56)O[C@@H]4COP(=O)(O)O[C@@H]2[C@@H]3O)c(=O)[nH]1.Nc1nc2c(nnn2[C@@H]2O[C@@H]3COP(=O)(O)O[C@H]4C[C@H](c5snc6c(N)ncnc56)O[C@@H]4COP(=O)(O)O[C@@H]2[C@@H]3O)c(=O)[nH]1. The van der Waals surface area contributed by atoms with Gasteiger partial charge in [0, 0.05) is 19.0 Å². The number of nitrogen functional groups attached to an aromatic ring is 4. The van der Waals surface area contributed by atoms with Crippen LogP contribution in [0.3, 0.4) is 0 Å². The molecule has 0 spiro atoms. The number of hydrogen-bond donors (Lipinski definition) is 12. The van der Waals surface area contributed by atoms with Crippen molar-refractivity contribution in [2.24, 2.45) is 0 Å². The first-order valence-corrected chi connectivity index (χ1v) is 33.0. The Labute approximate surface area is 494 Å². The molecule has 0 amide bonds. The summed E-state index contributed by atoms with van der Waals surface area (Å²) in [7, 11) is -19.8. The van der Waals surface area contributed by atoms with E-state index in [-0.39, 0.29) is 52.9 Å². The predicted octanol–water partition coefficient (Wildman–Crippen LogP) is -1.62. The van der Waals surface area contributed by atoms with Gasteiger partial charge in [-0.15, -0.1) is 10.2 Å². The zero-order valence-electron chi connectivity index (χ0n) is 43.8. The maximum atomic E-state index is 13.2. The molecule has 0 radical (unpaired) electrons. The maximum absolute atomic E-state index is 13.2. The summed E-state index contributed by atoms with van der Waals surface area (Å²) in [6.45, 7) is -2.81. The zero-order valence-corrected chi connectivity index (χ0v) is 49.0. The standard InChI is InChI=1S/C20H23N9O12P2S.C19H22N10O12P2S/c21-6-1-2-23-12-11(6)27-44-16(12)8-3-7-9(38-8)4-36-43(34,35)41-15-14(30)10(5-37-42(32,33)40-7)39-19(15)29-17-13(26-28-29)18(31)25-20(22)24-17;20-15-10-9(22-4-23-15)14(44-27-10)6-1-5-7(38-6)2-36-43(34,35)41-13-12(30)8(3-37-42(32,33)40-5)39-18(13)29-16-11(26-28-29)17(31)25-19(21)24-16/h1-2,7-10,14-15,19,30H,3-5,21H2,(H,32,33)(H,34,35)(H3,22,24,25,31);4-8,12-13,18,30H,1-3H2,(H,32,33)(H,34,35)(H2,20,22,23)(H3,21,24,25,31)/t7-,8+,9+,10+,14+,15+,19+;5-,6+,7+,8+,12+,13+,18+/m00/s1. The number of aliphatic hydroxyl groups is 2. The number of aliphatic hydroxyl groups excluding tert-OH is 2. The van der Waals surface area contributed by atoms with Crippen molar-refractivity contribution in [3.8, 4) is 0 Å². The summed E-state index contributed by atoms with van der Waals surface area (Å²) in [6, 6.07) is 1.58. The van der Waals surface area contributed by atoms with Gasteiger partial charge in [-0.1, -0.05) is 10.4 Å². The molecule has 6 saturated heterocycles. The van der Waals surface area contributed by atoms with Crippen molar-refractivity contribution in [2.45, 2.75) is 98.5 Å². The molecule has 49 heteroatoms. The highest BCUT2D eigenvalue weighted by molar-refractivity contribution is 7.48. The van der Waals surface area contributed by atoms with E-state index < -0.39 is 155 Å². The number of hydrogen-bond acceptors (Lipinski definition) is 37. The lowest BCUT2D eigenvalue weighted by molar-refractivity contribution is -0.0675. The second kappa shape index (κ2) is 23.0. The smallest absolute Gasteiger partial charge is 0.397 e. The molecule has 14 rings (SSSR count). The molecule has 4 bridgehead atoms. The minimum atomic E-state index is -5.03. The van der Waals surface area contributed by atoms with E-state index in [1.165, 1.54) is 12.5 Å². The molecule has 14 heterocycles. The van der Waals surface area contributed by atoms with E-state index in [2.05, 4.69) is 64.3 Å². The summed E-state index contributed by atoms with van der Waals surface area (Å²) >= 11 is 2.08. The van der Waals surface area contributed by atoms with Gasteiger partial charge in [-0.25, -0.2) is 28.2 Å². The van der Waals surface area contributed by atoms with Gasteiger partial charge in [0.2, 0.25) is 11.9 Å². The lowest BCUT2D eigenvalue weighted by Gasteiger charge is -2.25. The molecule has 0 saturated carbocycles. The van der Waals surface area contributed by atoms with Crippen LogP contribution in [0.5, 0.6) is 0 Å². The lowest BCUT2D eigenvalue weighted by Crippen LogP contribution is -2.35. The molecule has 6 fully saturated rings. The monoisotopic (exact) mass is 1350 g/mol. The van der Waals surface area contributed by atoms with Crippen molar-refractivity contribution in [1.29, 1.82) is 0 Å². The highest BCUT2D eigenvalue weighted by Gasteiger charge is 2.55. The molecular weight excluding hydrogens is 1310 g/mol. The number of pyridine rings is 1. The number of rotatable bonds is 4. The average Bonchev–Trinajstić information content (AvgIpc) is 2.42. The number of fused-ring (bicyclic) bond motifs is 10. The normalized spacial score (nSPS) is 36.6. The molecule has 8 aromatic rings. The largest absolute Gasteiger partial charge is 0.472 e. The quantitative estimate of drug-likeness (QED) is 0.0881. The van der Waals surface area contributed by atoms with Gasteiger partial charge in [-0.2, -0.15) is 28.1 Å². The summed E-state index contributed by atoms with van der Waals surface area (Å²) in [5.41, 5.74) is 22.8. The lowest BCUT2D eigenvalue weighted by atomic mass is 10.1. The van der Waals surface area contributed by atoms with Gasteiger partial charge < -0.3 is 71.7 Å². The molecule has 4 unspecified atom stereocenters. The molecular formula is C39H45N19O24P4S2. The number of anilines is 4. The van der Waals surface area contributed by atoms with E-state index in [9.17, 15) is 57.6 Å².